The van der Waals surface area contributed by atoms with Crippen molar-refractivity contribution in [3.63, 3.8) is 0 Å². The summed E-state index contributed by atoms with van der Waals surface area (Å²) in [4.78, 5) is 16.4. The number of aromatic nitrogens is 1. The SMILES string of the molecule is CCNC(=O)C(C)NCc1cncs1. The number of thiazole rings is 1. The van der Waals surface area contributed by atoms with E-state index in [9.17, 15) is 4.79 Å². The van der Waals surface area contributed by atoms with Crippen LogP contribution >= 0.6 is 11.3 Å². The van der Waals surface area contributed by atoms with E-state index in [1.165, 1.54) is 0 Å². The van der Waals surface area contributed by atoms with E-state index in [2.05, 4.69) is 15.6 Å². The zero-order valence-corrected chi connectivity index (χ0v) is 9.23. The number of amides is 1. The van der Waals surface area contributed by atoms with Crippen molar-refractivity contribution >= 4 is 17.2 Å². The first-order valence-electron chi connectivity index (χ1n) is 4.62. The lowest BCUT2D eigenvalue weighted by Gasteiger charge is -2.11. The van der Waals surface area contributed by atoms with E-state index >= 15 is 0 Å². The molecule has 1 heterocycles. The number of rotatable bonds is 5. The molecule has 0 aliphatic carbocycles. The summed E-state index contributed by atoms with van der Waals surface area (Å²) in [6.07, 6.45) is 1.81. The van der Waals surface area contributed by atoms with Crippen molar-refractivity contribution in [2.45, 2.75) is 26.4 Å². The van der Waals surface area contributed by atoms with Crippen LogP contribution in [0.3, 0.4) is 0 Å². The highest BCUT2D eigenvalue weighted by Gasteiger charge is 2.10. The lowest BCUT2D eigenvalue weighted by Crippen LogP contribution is -2.41. The van der Waals surface area contributed by atoms with Gasteiger partial charge in [-0.15, -0.1) is 11.3 Å². The van der Waals surface area contributed by atoms with Crippen LogP contribution in [-0.2, 0) is 11.3 Å². The number of carbonyl (C=O) groups is 1. The maximum atomic E-state index is 11.3. The predicted molar refractivity (Wildman–Crippen MR) is 57.1 cm³/mol. The summed E-state index contributed by atoms with van der Waals surface area (Å²) in [5, 5.41) is 5.89. The Morgan fingerprint density at radius 2 is 2.50 bits per heavy atom. The summed E-state index contributed by atoms with van der Waals surface area (Å²) >= 11 is 1.58. The van der Waals surface area contributed by atoms with E-state index in [1.807, 2.05) is 20.0 Å². The van der Waals surface area contributed by atoms with Gasteiger partial charge in [0.15, 0.2) is 0 Å². The predicted octanol–water partition coefficient (Wildman–Crippen LogP) is 0.757. The third-order valence-electron chi connectivity index (χ3n) is 1.81. The van der Waals surface area contributed by atoms with Gasteiger partial charge in [0.25, 0.3) is 0 Å². The maximum Gasteiger partial charge on any atom is 0.236 e. The summed E-state index contributed by atoms with van der Waals surface area (Å²) in [6, 6.07) is -0.156. The highest BCUT2D eigenvalue weighted by atomic mass is 32.1. The summed E-state index contributed by atoms with van der Waals surface area (Å²) in [5.74, 6) is 0.0389. The zero-order valence-electron chi connectivity index (χ0n) is 8.41. The molecule has 1 atom stereocenters. The quantitative estimate of drug-likeness (QED) is 0.759. The summed E-state index contributed by atoms with van der Waals surface area (Å²) in [5.41, 5.74) is 1.79. The van der Waals surface area contributed by atoms with Gasteiger partial charge in [0.1, 0.15) is 0 Å². The monoisotopic (exact) mass is 213 g/mol. The van der Waals surface area contributed by atoms with E-state index in [1.54, 1.807) is 16.8 Å². The minimum atomic E-state index is -0.156. The highest BCUT2D eigenvalue weighted by Crippen LogP contribution is 2.04. The van der Waals surface area contributed by atoms with E-state index in [4.69, 9.17) is 0 Å². The van der Waals surface area contributed by atoms with Crippen LogP contribution in [0.2, 0.25) is 0 Å². The van der Waals surface area contributed by atoms with Crippen LogP contribution in [0.5, 0.6) is 0 Å². The molecule has 2 N–H and O–H groups in total. The van der Waals surface area contributed by atoms with E-state index < -0.39 is 0 Å². The Balaban J connectivity index is 2.27. The average Bonchev–Trinajstić information content (AvgIpc) is 2.67. The molecular weight excluding hydrogens is 198 g/mol. The number of hydrogen-bond acceptors (Lipinski definition) is 4. The molecule has 1 aromatic rings. The van der Waals surface area contributed by atoms with Crippen LogP contribution in [0.4, 0.5) is 0 Å². The van der Waals surface area contributed by atoms with Crippen molar-refractivity contribution in [1.82, 2.24) is 15.6 Å². The number of carbonyl (C=O) groups excluding carboxylic acids is 1. The lowest BCUT2D eigenvalue weighted by atomic mass is 10.3. The van der Waals surface area contributed by atoms with Gasteiger partial charge in [-0.1, -0.05) is 0 Å². The van der Waals surface area contributed by atoms with Gasteiger partial charge < -0.3 is 10.6 Å². The third kappa shape index (κ3) is 3.43. The first-order chi connectivity index (χ1) is 6.74. The molecular formula is C9H15N3OS. The molecule has 1 rings (SSSR count). The van der Waals surface area contributed by atoms with Crippen molar-refractivity contribution in [3.05, 3.63) is 16.6 Å². The van der Waals surface area contributed by atoms with Crippen molar-refractivity contribution < 1.29 is 4.79 Å². The number of likely N-dealkylation sites (N-methyl/N-ethyl adjacent to an activating group) is 1. The third-order valence-corrected chi connectivity index (χ3v) is 2.59. The second kappa shape index (κ2) is 5.72. The number of nitrogens with one attached hydrogen (secondary N) is 2. The fourth-order valence-corrected chi connectivity index (χ4v) is 1.55. The molecule has 1 amide bonds. The van der Waals surface area contributed by atoms with E-state index in [0.717, 1.165) is 4.88 Å². The molecule has 0 radical (unpaired) electrons. The molecule has 14 heavy (non-hydrogen) atoms. The normalized spacial score (nSPS) is 12.4. The molecule has 4 nitrogen and oxygen atoms in total. The molecule has 78 valence electrons. The first-order valence-corrected chi connectivity index (χ1v) is 5.50. The Morgan fingerprint density at radius 1 is 1.71 bits per heavy atom. The van der Waals surface area contributed by atoms with Crippen LogP contribution in [-0.4, -0.2) is 23.5 Å². The van der Waals surface area contributed by atoms with Gasteiger partial charge in [0, 0.05) is 24.2 Å². The average molecular weight is 213 g/mol. The standard InChI is InChI=1S/C9H15N3OS/c1-3-11-9(13)7(2)12-5-8-4-10-6-14-8/h4,6-7,12H,3,5H2,1-2H3,(H,11,13). The number of nitrogens with zero attached hydrogens (tertiary/aromatic N) is 1. The highest BCUT2D eigenvalue weighted by molar-refractivity contribution is 7.09. The fourth-order valence-electron chi connectivity index (χ4n) is 1.00. The van der Waals surface area contributed by atoms with Crippen molar-refractivity contribution in [2.75, 3.05) is 6.54 Å². The van der Waals surface area contributed by atoms with Crippen LogP contribution in [0.25, 0.3) is 0 Å². The van der Waals surface area contributed by atoms with Gasteiger partial charge in [0.05, 0.1) is 11.6 Å². The Hall–Kier alpha value is -0.940. The Labute approximate surface area is 87.7 Å². The minimum Gasteiger partial charge on any atom is -0.355 e. The minimum absolute atomic E-state index is 0.0389. The summed E-state index contributed by atoms with van der Waals surface area (Å²) < 4.78 is 0. The zero-order chi connectivity index (χ0) is 10.4. The molecule has 0 saturated carbocycles. The van der Waals surface area contributed by atoms with Crippen molar-refractivity contribution in [1.29, 1.82) is 0 Å². The van der Waals surface area contributed by atoms with Gasteiger partial charge in [-0.25, -0.2) is 0 Å². The van der Waals surface area contributed by atoms with Gasteiger partial charge in [0.2, 0.25) is 5.91 Å². The molecule has 0 bridgehead atoms. The largest absolute Gasteiger partial charge is 0.355 e. The smallest absolute Gasteiger partial charge is 0.236 e. The van der Waals surface area contributed by atoms with Crippen LogP contribution in [0, 0.1) is 0 Å². The van der Waals surface area contributed by atoms with Gasteiger partial charge in [-0.05, 0) is 13.8 Å². The fraction of sp³-hybridized carbons (Fsp3) is 0.556. The van der Waals surface area contributed by atoms with Gasteiger partial charge in [-0.3, -0.25) is 9.78 Å². The molecule has 0 spiro atoms. The number of hydrogen-bond donors (Lipinski definition) is 2. The molecule has 0 fully saturated rings. The van der Waals surface area contributed by atoms with E-state index in [0.29, 0.717) is 13.1 Å². The summed E-state index contributed by atoms with van der Waals surface area (Å²) in [6.45, 7) is 5.13. The second-order valence-corrected chi connectivity index (χ2v) is 3.94. The Bertz CT molecular complexity index is 274. The van der Waals surface area contributed by atoms with E-state index in [-0.39, 0.29) is 11.9 Å². The topological polar surface area (TPSA) is 54.0 Å². The second-order valence-electron chi connectivity index (χ2n) is 2.96. The van der Waals surface area contributed by atoms with Crippen LogP contribution < -0.4 is 10.6 Å². The molecule has 1 unspecified atom stereocenters. The van der Waals surface area contributed by atoms with Crippen LogP contribution in [0.1, 0.15) is 18.7 Å². The van der Waals surface area contributed by atoms with Gasteiger partial charge in [-0.2, -0.15) is 0 Å². The van der Waals surface area contributed by atoms with Gasteiger partial charge >= 0.3 is 0 Å². The molecule has 0 aliphatic heterocycles. The lowest BCUT2D eigenvalue weighted by molar-refractivity contribution is -0.122. The first kappa shape index (κ1) is 11.1. The van der Waals surface area contributed by atoms with Crippen molar-refractivity contribution in [2.24, 2.45) is 0 Å². The maximum absolute atomic E-state index is 11.3. The van der Waals surface area contributed by atoms with Crippen LogP contribution in [0.15, 0.2) is 11.7 Å². The molecule has 0 saturated heterocycles. The summed E-state index contributed by atoms with van der Waals surface area (Å²) in [7, 11) is 0. The molecule has 0 aromatic carbocycles. The Kier molecular flexibility index (Phi) is 4.55. The van der Waals surface area contributed by atoms with Crippen molar-refractivity contribution in [3.8, 4) is 0 Å². The molecule has 0 aliphatic rings. The molecule has 5 heteroatoms. The molecule has 1 aromatic heterocycles. The Morgan fingerprint density at radius 3 is 3.07 bits per heavy atom.